The van der Waals surface area contributed by atoms with E-state index in [0.29, 0.717) is 5.88 Å². The van der Waals surface area contributed by atoms with Crippen LogP contribution in [0, 0.1) is 0 Å². The van der Waals surface area contributed by atoms with Crippen LogP contribution >= 0.6 is 0 Å². The summed E-state index contributed by atoms with van der Waals surface area (Å²) in [5.41, 5.74) is -0.225. The molecule has 0 saturated carbocycles. The average Bonchev–Trinajstić information content (AvgIpc) is 2.92. The van der Waals surface area contributed by atoms with Gasteiger partial charge in [0.05, 0.1) is 11.1 Å². The highest BCUT2D eigenvalue weighted by molar-refractivity contribution is 5.69. The normalized spacial score (nSPS) is 17.2. The zero-order valence-electron chi connectivity index (χ0n) is 17.5. The molecule has 0 N–H and O–H groups in total. The molecule has 1 aromatic heterocycles. The standard InChI is InChI=1S/C24H20F6N2O/c1-15-14-33-22-21(20(7-8-31-22)17-5-3-2-4-6-17)13-32(15)12-16-9-18(23(25,26)27)11-19(10-16)24(28,29)30/h2-11,15H,12-14H2,1H3. The van der Waals surface area contributed by atoms with E-state index >= 15 is 0 Å². The van der Waals surface area contributed by atoms with Crippen molar-refractivity contribution in [1.82, 2.24) is 9.88 Å². The van der Waals surface area contributed by atoms with Crippen molar-refractivity contribution in [3.05, 3.63) is 83.0 Å². The zero-order valence-corrected chi connectivity index (χ0v) is 17.5. The van der Waals surface area contributed by atoms with Gasteiger partial charge in [0.2, 0.25) is 5.88 Å². The summed E-state index contributed by atoms with van der Waals surface area (Å²) in [4.78, 5) is 6.09. The van der Waals surface area contributed by atoms with Crippen LogP contribution in [0.2, 0.25) is 0 Å². The first-order valence-corrected chi connectivity index (χ1v) is 10.2. The van der Waals surface area contributed by atoms with Crippen molar-refractivity contribution in [2.45, 2.75) is 38.4 Å². The molecular formula is C24H20F6N2O. The number of ether oxygens (including phenoxy) is 1. The van der Waals surface area contributed by atoms with Gasteiger partial charge in [-0.1, -0.05) is 30.3 Å². The molecule has 1 unspecified atom stereocenters. The fourth-order valence-corrected chi connectivity index (χ4v) is 3.86. The van der Waals surface area contributed by atoms with E-state index in [0.717, 1.165) is 28.8 Å². The van der Waals surface area contributed by atoms with Gasteiger partial charge in [-0.3, -0.25) is 4.90 Å². The van der Waals surface area contributed by atoms with Crippen molar-refractivity contribution in [3.8, 4) is 17.0 Å². The molecule has 1 atom stereocenters. The van der Waals surface area contributed by atoms with E-state index in [2.05, 4.69) is 4.98 Å². The third-order valence-electron chi connectivity index (χ3n) is 5.58. The molecular weight excluding hydrogens is 446 g/mol. The largest absolute Gasteiger partial charge is 0.476 e. The Balaban J connectivity index is 1.72. The van der Waals surface area contributed by atoms with Crippen molar-refractivity contribution in [2.75, 3.05) is 6.61 Å². The van der Waals surface area contributed by atoms with Crippen LogP contribution in [0.5, 0.6) is 5.88 Å². The van der Waals surface area contributed by atoms with E-state index in [1.807, 2.05) is 43.3 Å². The zero-order chi connectivity index (χ0) is 23.8. The third-order valence-corrected chi connectivity index (χ3v) is 5.58. The summed E-state index contributed by atoms with van der Waals surface area (Å²) in [6.45, 7) is 2.15. The number of halogens is 6. The fourth-order valence-electron chi connectivity index (χ4n) is 3.86. The Morgan fingerprint density at radius 1 is 0.939 bits per heavy atom. The first-order valence-electron chi connectivity index (χ1n) is 10.2. The van der Waals surface area contributed by atoms with Gasteiger partial charge in [0.1, 0.15) is 6.61 Å². The van der Waals surface area contributed by atoms with Crippen LogP contribution in [0.1, 0.15) is 29.2 Å². The molecule has 0 saturated heterocycles. The maximum Gasteiger partial charge on any atom is 0.416 e. The van der Waals surface area contributed by atoms with Crippen molar-refractivity contribution in [2.24, 2.45) is 0 Å². The first-order chi connectivity index (χ1) is 15.5. The van der Waals surface area contributed by atoms with E-state index in [1.165, 1.54) is 0 Å². The number of nitrogens with zero attached hydrogens (tertiary/aromatic N) is 2. The van der Waals surface area contributed by atoms with Crippen LogP contribution in [-0.2, 0) is 25.4 Å². The van der Waals surface area contributed by atoms with Crippen LogP contribution in [0.15, 0.2) is 60.8 Å². The Morgan fingerprint density at radius 2 is 1.58 bits per heavy atom. The first kappa shape index (κ1) is 23.1. The van der Waals surface area contributed by atoms with Gasteiger partial charge in [-0.25, -0.2) is 4.98 Å². The Morgan fingerprint density at radius 3 is 2.18 bits per heavy atom. The lowest BCUT2D eigenvalue weighted by molar-refractivity contribution is -0.143. The molecule has 0 bridgehead atoms. The van der Waals surface area contributed by atoms with E-state index < -0.39 is 23.5 Å². The number of aromatic nitrogens is 1. The van der Waals surface area contributed by atoms with Gasteiger partial charge in [-0.2, -0.15) is 26.3 Å². The predicted molar refractivity (Wildman–Crippen MR) is 110 cm³/mol. The number of alkyl halides is 6. The lowest BCUT2D eigenvalue weighted by atomic mass is 10.00. The molecule has 0 fully saturated rings. The molecule has 174 valence electrons. The highest BCUT2D eigenvalue weighted by atomic mass is 19.4. The van der Waals surface area contributed by atoms with Gasteiger partial charge < -0.3 is 4.74 Å². The Bertz CT molecular complexity index is 1100. The molecule has 1 aliphatic heterocycles. The smallest absolute Gasteiger partial charge is 0.416 e. The molecule has 3 nitrogen and oxygen atoms in total. The highest BCUT2D eigenvalue weighted by Crippen LogP contribution is 2.38. The second kappa shape index (κ2) is 8.70. The molecule has 4 rings (SSSR count). The molecule has 0 amide bonds. The van der Waals surface area contributed by atoms with Crippen LogP contribution in [0.4, 0.5) is 26.3 Å². The average molecular weight is 466 g/mol. The minimum Gasteiger partial charge on any atom is -0.476 e. The van der Waals surface area contributed by atoms with Gasteiger partial charge in [0, 0.05) is 30.9 Å². The summed E-state index contributed by atoms with van der Waals surface area (Å²) in [6, 6.07) is 12.7. The molecule has 0 spiro atoms. The van der Waals surface area contributed by atoms with Crippen molar-refractivity contribution in [1.29, 1.82) is 0 Å². The van der Waals surface area contributed by atoms with E-state index in [4.69, 9.17) is 4.74 Å². The quantitative estimate of drug-likeness (QED) is 0.409. The fraction of sp³-hybridized carbons (Fsp3) is 0.292. The van der Waals surface area contributed by atoms with Gasteiger partial charge in [-0.15, -0.1) is 0 Å². The Labute approximate surface area is 186 Å². The summed E-state index contributed by atoms with van der Waals surface area (Å²) in [5.74, 6) is 0.408. The minimum absolute atomic E-state index is 0.0717. The minimum atomic E-state index is -4.89. The maximum absolute atomic E-state index is 13.3. The lowest BCUT2D eigenvalue weighted by Crippen LogP contribution is -2.34. The van der Waals surface area contributed by atoms with Crippen molar-refractivity contribution in [3.63, 3.8) is 0 Å². The van der Waals surface area contributed by atoms with E-state index in [1.54, 1.807) is 11.1 Å². The molecule has 2 heterocycles. The van der Waals surface area contributed by atoms with Crippen molar-refractivity contribution < 1.29 is 31.1 Å². The van der Waals surface area contributed by atoms with Gasteiger partial charge in [-0.05, 0) is 47.9 Å². The summed E-state index contributed by atoms with van der Waals surface area (Å²) < 4.78 is 85.5. The summed E-state index contributed by atoms with van der Waals surface area (Å²) in [5, 5.41) is 0. The van der Waals surface area contributed by atoms with Gasteiger partial charge >= 0.3 is 12.4 Å². The second-order valence-electron chi connectivity index (χ2n) is 7.99. The Kier molecular flexibility index (Phi) is 6.09. The molecule has 33 heavy (non-hydrogen) atoms. The number of rotatable bonds is 3. The summed E-state index contributed by atoms with van der Waals surface area (Å²) in [6.07, 6.45) is -8.16. The van der Waals surface area contributed by atoms with E-state index in [-0.39, 0.29) is 37.4 Å². The Hall–Kier alpha value is -3.07. The summed E-state index contributed by atoms with van der Waals surface area (Å²) in [7, 11) is 0. The van der Waals surface area contributed by atoms with Crippen LogP contribution in [-0.4, -0.2) is 22.5 Å². The van der Waals surface area contributed by atoms with Crippen molar-refractivity contribution >= 4 is 0 Å². The summed E-state index contributed by atoms with van der Waals surface area (Å²) >= 11 is 0. The maximum atomic E-state index is 13.3. The number of hydrogen-bond acceptors (Lipinski definition) is 3. The number of benzene rings is 2. The molecule has 9 heteroatoms. The number of pyridine rings is 1. The van der Waals surface area contributed by atoms with E-state index in [9.17, 15) is 26.3 Å². The molecule has 0 aliphatic carbocycles. The molecule has 1 aliphatic rings. The number of fused-ring (bicyclic) bond motifs is 1. The monoisotopic (exact) mass is 466 g/mol. The molecule has 3 aromatic rings. The number of hydrogen-bond donors (Lipinski definition) is 0. The highest BCUT2D eigenvalue weighted by Gasteiger charge is 2.37. The topological polar surface area (TPSA) is 25.4 Å². The molecule has 0 radical (unpaired) electrons. The third kappa shape index (κ3) is 5.13. The van der Waals surface area contributed by atoms with Crippen LogP contribution < -0.4 is 4.74 Å². The van der Waals surface area contributed by atoms with Gasteiger partial charge in [0.25, 0.3) is 0 Å². The van der Waals surface area contributed by atoms with Crippen LogP contribution in [0.3, 0.4) is 0 Å². The SMILES string of the molecule is CC1COc2nccc(-c3ccccc3)c2CN1Cc1cc(C(F)(F)F)cc(C(F)(F)F)c1. The van der Waals surface area contributed by atoms with Crippen LogP contribution in [0.25, 0.3) is 11.1 Å². The molecule has 2 aromatic carbocycles. The predicted octanol–water partition coefficient (Wildman–Crippen LogP) is 6.57. The lowest BCUT2D eigenvalue weighted by Gasteiger charge is -2.27. The second-order valence-corrected chi connectivity index (χ2v) is 7.99. The van der Waals surface area contributed by atoms with Gasteiger partial charge in [0.15, 0.2) is 0 Å².